The van der Waals surface area contributed by atoms with Crippen LogP contribution >= 0.6 is 22.9 Å². The molecule has 6 nitrogen and oxygen atoms in total. The van der Waals surface area contributed by atoms with Crippen LogP contribution in [0.4, 0.5) is 5.13 Å². The molecule has 0 fully saturated rings. The standard InChI is InChI=1S/C9H12N4O2S3/c1-6-4-16-9(10-6)18(14,15)5-7-11-8(13(2)3)17-12-7/h4H,5H2,1-3H3. The van der Waals surface area contributed by atoms with Crippen molar-refractivity contribution in [3.63, 3.8) is 0 Å². The Hall–Kier alpha value is -1.06. The highest BCUT2D eigenvalue weighted by molar-refractivity contribution is 7.92. The van der Waals surface area contributed by atoms with Gasteiger partial charge in [0.2, 0.25) is 19.3 Å². The van der Waals surface area contributed by atoms with Crippen LogP contribution in [-0.2, 0) is 15.6 Å². The molecule has 0 unspecified atom stereocenters. The second-order valence-corrected chi connectivity index (χ2v) is 7.65. The lowest BCUT2D eigenvalue weighted by Gasteiger charge is -2.04. The zero-order valence-electron chi connectivity index (χ0n) is 10.1. The molecule has 0 atom stereocenters. The summed E-state index contributed by atoms with van der Waals surface area (Å²) in [7, 11) is 0.238. The summed E-state index contributed by atoms with van der Waals surface area (Å²) in [4.78, 5) is 9.94. The number of sulfone groups is 1. The van der Waals surface area contributed by atoms with E-state index in [0.29, 0.717) is 16.6 Å². The Morgan fingerprint density at radius 1 is 1.33 bits per heavy atom. The van der Waals surface area contributed by atoms with E-state index in [0.717, 1.165) is 11.3 Å². The van der Waals surface area contributed by atoms with E-state index >= 15 is 0 Å². The first kappa shape index (κ1) is 13.4. The van der Waals surface area contributed by atoms with E-state index in [1.807, 2.05) is 14.1 Å². The molecular weight excluding hydrogens is 292 g/mol. The topological polar surface area (TPSA) is 76.1 Å². The average molecular weight is 304 g/mol. The van der Waals surface area contributed by atoms with Crippen molar-refractivity contribution < 1.29 is 8.42 Å². The minimum absolute atomic E-state index is 0.126. The molecule has 0 bridgehead atoms. The van der Waals surface area contributed by atoms with E-state index in [-0.39, 0.29) is 10.1 Å². The van der Waals surface area contributed by atoms with Gasteiger partial charge in [-0.1, -0.05) is 0 Å². The normalized spacial score (nSPS) is 11.7. The van der Waals surface area contributed by atoms with Gasteiger partial charge in [-0.3, -0.25) is 0 Å². The van der Waals surface area contributed by atoms with Crippen molar-refractivity contribution in [3.05, 3.63) is 16.9 Å². The van der Waals surface area contributed by atoms with Crippen molar-refractivity contribution in [2.75, 3.05) is 19.0 Å². The minimum Gasteiger partial charge on any atom is -0.353 e. The molecule has 0 saturated heterocycles. The summed E-state index contributed by atoms with van der Waals surface area (Å²) in [6.07, 6.45) is 0. The zero-order valence-corrected chi connectivity index (χ0v) is 12.6. The van der Waals surface area contributed by atoms with Gasteiger partial charge in [0.1, 0.15) is 5.75 Å². The summed E-state index contributed by atoms with van der Waals surface area (Å²) in [5.74, 6) is 0.112. The fourth-order valence-corrected chi connectivity index (χ4v) is 4.18. The third-order valence-corrected chi connectivity index (χ3v) is 6.01. The van der Waals surface area contributed by atoms with Crippen LogP contribution in [0.1, 0.15) is 11.5 Å². The van der Waals surface area contributed by atoms with Gasteiger partial charge in [-0.25, -0.2) is 18.4 Å². The Labute approximate surface area is 113 Å². The molecule has 0 aliphatic carbocycles. The maximum atomic E-state index is 12.1. The fourth-order valence-electron chi connectivity index (χ4n) is 1.19. The third-order valence-electron chi connectivity index (χ3n) is 2.02. The van der Waals surface area contributed by atoms with Gasteiger partial charge in [0, 0.05) is 36.7 Å². The molecule has 0 aliphatic heterocycles. The summed E-state index contributed by atoms with van der Waals surface area (Å²) < 4.78 is 28.3. The fraction of sp³-hybridized carbons (Fsp3) is 0.444. The second-order valence-electron chi connectivity index (χ2n) is 3.90. The van der Waals surface area contributed by atoms with Gasteiger partial charge in [0.25, 0.3) is 0 Å². The minimum atomic E-state index is -3.43. The average Bonchev–Trinajstić information content (AvgIpc) is 2.86. The molecule has 0 aliphatic rings. The molecule has 0 radical (unpaired) electrons. The van der Waals surface area contributed by atoms with Gasteiger partial charge < -0.3 is 4.90 Å². The summed E-state index contributed by atoms with van der Waals surface area (Å²) in [6, 6.07) is 0. The van der Waals surface area contributed by atoms with Crippen molar-refractivity contribution in [2.24, 2.45) is 0 Å². The number of hydrogen-bond donors (Lipinski definition) is 0. The van der Waals surface area contributed by atoms with Crippen molar-refractivity contribution >= 4 is 37.8 Å². The molecule has 2 rings (SSSR count). The van der Waals surface area contributed by atoms with Gasteiger partial charge in [0.15, 0.2) is 5.82 Å². The lowest BCUT2D eigenvalue weighted by molar-refractivity contribution is 0.593. The largest absolute Gasteiger partial charge is 0.353 e. The van der Waals surface area contributed by atoms with Crippen molar-refractivity contribution in [1.29, 1.82) is 0 Å². The molecule has 0 aromatic carbocycles. The third kappa shape index (κ3) is 2.85. The van der Waals surface area contributed by atoms with Crippen LogP contribution in [0.25, 0.3) is 0 Å². The van der Waals surface area contributed by atoms with Gasteiger partial charge >= 0.3 is 0 Å². The van der Waals surface area contributed by atoms with Crippen LogP contribution in [0.15, 0.2) is 9.72 Å². The Morgan fingerprint density at radius 2 is 2.06 bits per heavy atom. The molecule has 0 N–H and O–H groups in total. The van der Waals surface area contributed by atoms with E-state index < -0.39 is 9.84 Å². The van der Waals surface area contributed by atoms with Crippen LogP contribution in [0.5, 0.6) is 0 Å². The highest BCUT2D eigenvalue weighted by Crippen LogP contribution is 2.21. The molecule has 0 saturated carbocycles. The molecule has 0 amide bonds. The Kier molecular flexibility index (Phi) is 3.64. The van der Waals surface area contributed by atoms with Crippen LogP contribution in [0.3, 0.4) is 0 Å². The van der Waals surface area contributed by atoms with Crippen LogP contribution in [0.2, 0.25) is 0 Å². The number of anilines is 1. The predicted molar refractivity (Wildman–Crippen MR) is 72.0 cm³/mol. The first-order valence-electron chi connectivity index (χ1n) is 5.03. The molecule has 98 valence electrons. The summed E-state index contributed by atoms with van der Waals surface area (Å²) in [5, 5.41) is 2.41. The van der Waals surface area contributed by atoms with Crippen molar-refractivity contribution in [2.45, 2.75) is 17.0 Å². The van der Waals surface area contributed by atoms with E-state index in [1.165, 1.54) is 11.5 Å². The van der Waals surface area contributed by atoms with Gasteiger partial charge in [0.05, 0.1) is 0 Å². The van der Waals surface area contributed by atoms with E-state index in [4.69, 9.17) is 0 Å². The van der Waals surface area contributed by atoms with E-state index in [9.17, 15) is 8.42 Å². The molecule has 2 heterocycles. The number of aromatic nitrogens is 3. The Bertz CT molecular complexity index is 644. The maximum absolute atomic E-state index is 12.1. The SMILES string of the molecule is Cc1csc(S(=O)(=O)Cc2nsc(N(C)C)n2)n1. The number of thiazole rings is 1. The Morgan fingerprint density at radius 3 is 2.56 bits per heavy atom. The first-order chi connectivity index (χ1) is 8.38. The number of hydrogen-bond acceptors (Lipinski definition) is 8. The number of aryl methyl sites for hydroxylation is 1. The van der Waals surface area contributed by atoms with Gasteiger partial charge in [-0.05, 0) is 6.92 Å². The second kappa shape index (κ2) is 4.90. The highest BCUT2D eigenvalue weighted by Gasteiger charge is 2.21. The van der Waals surface area contributed by atoms with E-state index in [2.05, 4.69) is 14.3 Å². The lowest BCUT2D eigenvalue weighted by Crippen LogP contribution is -2.09. The van der Waals surface area contributed by atoms with Crippen LogP contribution in [0, 0.1) is 6.92 Å². The maximum Gasteiger partial charge on any atom is 0.212 e. The zero-order chi connectivity index (χ0) is 13.3. The molecule has 0 spiro atoms. The molecule has 2 aromatic heterocycles. The summed E-state index contributed by atoms with van der Waals surface area (Å²) in [6.45, 7) is 1.76. The molecular formula is C9H12N4O2S3. The first-order valence-corrected chi connectivity index (χ1v) is 8.34. The summed E-state index contributed by atoms with van der Waals surface area (Å²) >= 11 is 2.31. The predicted octanol–water partition coefficient (Wildman–Crippen LogP) is 1.34. The van der Waals surface area contributed by atoms with Crippen LogP contribution < -0.4 is 4.90 Å². The number of nitrogens with zero attached hydrogens (tertiary/aromatic N) is 4. The van der Waals surface area contributed by atoms with Crippen molar-refractivity contribution in [1.82, 2.24) is 14.3 Å². The number of rotatable bonds is 4. The molecule has 18 heavy (non-hydrogen) atoms. The highest BCUT2D eigenvalue weighted by atomic mass is 32.2. The monoisotopic (exact) mass is 304 g/mol. The van der Waals surface area contributed by atoms with Crippen molar-refractivity contribution in [3.8, 4) is 0 Å². The smallest absolute Gasteiger partial charge is 0.212 e. The van der Waals surface area contributed by atoms with E-state index in [1.54, 1.807) is 17.2 Å². The lowest BCUT2D eigenvalue weighted by atomic mass is 10.6. The molecule has 2 aromatic rings. The van der Waals surface area contributed by atoms with Crippen LogP contribution in [-0.4, -0.2) is 36.9 Å². The summed E-state index contributed by atoms with van der Waals surface area (Å²) in [5.41, 5.74) is 0.707. The quantitative estimate of drug-likeness (QED) is 0.848. The molecule has 9 heteroatoms. The van der Waals surface area contributed by atoms with Gasteiger partial charge in [-0.15, -0.1) is 11.3 Å². The van der Waals surface area contributed by atoms with Gasteiger partial charge in [-0.2, -0.15) is 4.37 Å². The Balaban J connectivity index is 2.22.